The lowest BCUT2D eigenvalue weighted by Crippen LogP contribution is -2.08. The Morgan fingerprint density at radius 2 is 1.95 bits per heavy atom. The van der Waals surface area contributed by atoms with Gasteiger partial charge in [-0.3, -0.25) is 9.19 Å². The Hall–Kier alpha value is -1.53. The van der Waals surface area contributed by atoms with Crippen molar-refractivity contribution in [2.45, 2.75) is 11.3 Å². The van der Waals surface area contributed by atoms with Gasteiger partial charge in [0.2, 0.25) is 0 Å². The van der Waals surface area contributed by atoms with Gasteiger partial charge in [-0.2, -0.15) is 0 Å². The molecule has 104 valence electrons. The van der Waals surface area contributed by atoms with Crippen LogP contribution >= 0.6 is 15.9 Å². The standard InChI is InChI=1S/C14H12BrNO3S/c15-11-1-2-12(14(17)18)13(9-11)20(19)8-5-10-3-6-16-7-4-10/h1-4,6-7,9H,5,8H2,(H,17,18). The minimum atomic E-state index is -1.36. The van der Waals surface area contributed by atoms with Crippen LogP contribution in [0.25, 0.3) is 0 Å². The number of rotatable bonds is 5. The summed E-state index contributed by atoms with van der Waals surface area (Å²) in [6.45, 7) is 0. The number of carboxylic acids is 1. The van der Waals surface area contributed by atoms with Crippen molar-refractivity contribution in [1.29, 1.82) is 0 Å². The van der Waals surface area contributed by atoms with Gasteiger partial charge in [-0.1, -0.05) is 15.9 Å². The maximum absolute atomic E-state index is 12.3. The number of pyridine rings is 1. The second kappa shape index (κ2) is 6.76. The number of nitrogens with zero attached hydrogens (tertiary/aromatic N) is 1. The van der Waals surface area contributed by atoms with Crippen LogP contribution in [0.15, 0.2) is 52.1 Å². The van der Waals surface area contributed by atoms with Gasteiger partial charge in [-0.15, -0.1) is 0 Å². The van der Waals surface area contributed by atoms with E-state index in [9.17, 15) is 9.00 Å². The number of aromatic nitrogens is 1. The Kier molecular flexibility index (Phi) is 5.03. The van der Waals surface area contributed by atoms with Gasteiger partial charge in [0.25, 0.3) is 0 Å². The minimum Gasteiger partial charge on any atom is -0.478 e. The van der Waals surface area contributed by atoms with Crippen LogP contribution in [0.4, 0.5) is 0 Å². The van der Waals surface area contributed by atoms with Crippen molar-refractivity contribution in [2.75, 3.05) is 5.75 Å². The van der Waals surface area contributed by atoms with Crippen LogP contribution in [-0.4, -0.2) is 26.0 Å². The summed E-state index contributed by atoms with van der Waals surface area (Å²) in [4.78, 5) is 15.4. The monoisotopic (exact) mass is 353 g/mol. The van der Waals surface area contributed by atoms with Gasteiger partial charge in [-0.05, 0) is 42.3 Å². The van der Waals surface area contributed by atoms with E-state index in [-0.39, 0.29) is 5.56 Å². The molecule has 1 aromatic carbocycles. The Morgan fingerprint density at radius 3 is 2.60 bits per heavy atom. The molecule has 2 aromatic rings. The van der Waals surface area contributed by atoms with Gasteiger partial charge in [0, 0.05) is 22.6 Å². The predicted molar refractivity (Wildman–Crippen MR) is 80.3 cm³/mol. The summed E-state index contributed by atoms with van der Waals surface area (Å²) >= 11 is 3.27. The SMILES string of the molecule is O=C(O)c1ccc(Br)cc1S(=O)CCc1ccncc1. The number of hydrogen-bond donors (Lipinski definition) is 1. The highest BCUT2D eigenvalue weighted by Gasteiger charge is 2.15. The number of carboxylic acid groups (broad SMARTS) is 1. The van der Waals surface area contributed by atoms with E-state index < -0.39 is 16.8 Å². The Labute approximate surface area is 127 Å². The number of hydrogen-bond acceptors (Lipinski definition) is 3. The van der Waals surface area contributed by atoms with Crippen molar-refractivity contribution in [3.63, 3.8) is 0 Å². The van der Waals surface area contributed by atoms with Gasteiger partial charge in [-0.25, -0.2) is 4.79 Å². The maximum Gasteiger partial charge on any atom is 0.336 e. The van der Waals surface area contributed by atoms with Gasteiger partial charge in [0.15, 0.2) is 0 Å². The van der Waals surface area contributed by atoms with Crippen LogP contribution < -0.4 is 0 Å². The summed E-state index contributed by atoms with van der Waals surface area (Å²) in [5.41, 5.74) is 1.11. The fraction of sp³-hybridized carbons (Fsp3) is 0.143. The van der Waals surface area contributed by atoms with Crippen LogP contribution in [0, 0.1) is 0 Å². The summed E-state index contributed by atoms with van der Waals surface area (Å²) < 4.78 is 13.0. The quantitative estimate of drug-likeness (QED) is 0.897. The second-order valence-corrected chi connectivity index (χ2v) is 6.56. The molecule has 1 atom stereocenters. The zero-order valence-electron chi connectivity index (χ0n) is 10.5. The highest BCUT2D eigenvalue weighted by atomic mass is 79.9. The molecule has 0 amide bonds. The lowest BCUT2D eigenvalue weighted by Gasteiger charge is -2.07. The molecule has 0 spiro atoms. The summed E-state index contributed by atoms with van der Waals surface area (Å²) in [6.07, 6.45) is 3.97. The van der Waals surface area contributed by atoms with Crippen molar-refractivity contribution >= 4 is 32.7 Å². The third kappa shape index (κ3) is 3.74. The fourth-order valence-electron chi connectivity index (χ4n) is 1.73. The molecule has 20 heavy (non-hydrogen) atoms. The van der Waals surface area contributed by atoms with Crippen LogP contribution in [0.3, 0.4) is 0 Å². The first-order valence-corrected chi connectivity index (χ1v) is 7.99. The highest BCUT2D eigenvalue weighted by molar-refractivity contribution is 9.10. The molecule has 0 saturated heterocycles. The average molecular weight is 354 g/mol. The van der Waals surface area contributed by atoms with Crippen molar-refractivity contribution < 1.29 is 14.1 Å². The average Bonchev–Trinajstić information content (AvgIpc) is 2.45. The van der Waals surface area contributed by atoms with Crippen molar-refractivity contribution in [1.82, 2.24) is 4.98 Å². The highest BCUT2D eigenvalue weighted by Crippen LogP contribution is 2.21. The van der Waals surface area contributed by atoms with Gasteiger partial charge < -0.3 is 5.11 Å². The van der Waals surface area contributed by atoms with Gasteiger partial charge in [0.05, 0.1) is 21.3 Å². The molecule has 1 heterocycles. The minimum absolute atomic E-state index is 0.0845. The summed E-state index contributed by atoms with van der Waals surface area (Å²) in [5, 5.41) is 9.13. The Balaban J connectivity index is 2.17. The molecule has 0 aliphatic carbocycles. The molecule has 6 heteroatoms. The number of carbonyl (C=O) groups is 1. The first-order valence-electron chi connectivity index (χ1n) is 5.88. The lowest BCUT2D eigenvalue weighted by atomic mass is 10.2. The molecular formula is C14H12BrNO3S. The molecular weight excluding hydrogens is 342 g/mol. The summed E-state index contributed by atoms with van der Waals surface area (Å²) in [6, 6.07) is 8.41. The second-order valence-electron chi connectivity index (χ2n) is 4.10. The van der Waals surface area contributed by atoms with Crippen LogP contribution in [0.2, 0.25) is 0 Å². The van der Waals surface area contributed by atoms with E-state index in [0.717, 1.165) is 10.0 Å². The molecule has 1 N–H and O–H groups in total. The molecule has 0 fully saturated rings. The smallest absolute Gasteiger partial charge is 0.336 e. The topological polar surface area (TPSA) is 67.3 Å². The fourth-order valence-corrected chi connectivity index (χ4v) is 3.54. The number of benzene rings is 1. The predicted octanol–water partition coefficient (Wildman–Crippen LogP) is 2.89. The van der Waals surface area contributed by atoms with Crippen molar-refractivity contribution in [2.24, 2.45) is 0 Å². The number of aromatic carboxylic acids is 1. The largest absolute Gasteiger partial charge is 0.478 e. The molecule has 0 aliphatic rings. The molecule has 2 rings (SSSR count). The van der Waals surface area contributed by atoms with E-state index in [2.05, 4.69) is 20.9 Å². The molecule has 0 radical (unpaired) electrons. The molecule has 4 nitrogen and oxygen atoms in total. The number of halogens is 1. The van der Waals surface area contributed by atoms with E-state index in [0.29, 0.717) is 17.1 Å². The summed E-state index contributed by atoms with van der Waals surface area (Å²) in [5.74, 6) is -0.689. The van der Waals surface area contributed by atoms with E-state index in [1.54, 1.807) is 24.5 Å². The van der Waals surface area contributed by atoms with Gasteiger partial charge >= 0.3 is 5.97 Å². The third-order valence-corrected chi connectivity index (χ3v) is 4.64. The molecule has 0 saturated carbocycles. The van der Waals surface area contributed by atoms with Crippen LogP contribution in [-0.2, 0) is 17.2 Å². The Bertz CT molecular complexity index is 646. The molecule has 0 bridgehead atoms. The van der Waals surface area contributed by atoms with E-state index in [4.69, 9.17) is 5.11 Å². The normalized spacial score (nSPS) is 12.1. The summed E-state index contributed by atoms with van der Waals surface area (Å²) in [7, 11) is -1.36. The zero-order chi connectivity index (χ0) is 14.5. The Morgan fingerprint density at radius 1 is 1.25 bits per heavy atom. The van der Waals surface area contributed by atoms with Gasteiger partial charge in [0.1, 0.15) is 0 Å². The third-order valence-electron chi connectivity index (χ3n) is 2.74. The molecule has 1 aromatic heterocycles. The van der Waals surface area contributed by atoms with Crippen molar-refractivity contribution in [3.05, 3.63) is 58.3 Å². The van der Waals surface area contributed by atoms with E-state index >= 15 is 0 Å². The first-order chi connectivity index (χ1) is 9.58. The molecule has 0 aliphatic heterocycles. The first kappa shape index (κ1) is 14.9. The van der Waals surface area contributed by atoms with E-state index in [1.165, 1.54) is 6.07 Å². The van der Waals surface area contributed by atoms with Crippen LogP contribution in [0.5, 0.6) is 0 Å². The number of aryl methyl sites for hydroxylation is 1. The van der Waals surface area contributed by atoms with E-state index in [1.807, 2.05) is 12.1 Å². The maximum atomic E-state index is 12.3. The zero-order valence-corrected chi connectivity index (χ0v) is 12.9. The molecule has 1 unspecified atom stereocenters. The van der Waals surface area contributed by atoms with Crippen LogP contribution in [0.1, 0.15) is 15.9 Å². The van der Waals surface area contributed by atoms with Crippen molar-refractivity contribution in [3.8, 4) is 0 Å². The lowest BCUT2D eigenvalue weighted by molar-refractivity contribution is 0.0693.